The van der Waals surface area contributed by atoms with E-state index in [1.165, 1.54) is 0 Å². The van der Waals surface area contributed by atoms with Gasteiger partial charge in [-0.15, -0.1) is 0 Å². The van der Waals surface area contributed by atoms with Crippen LogP contribution in [0.1, 0.15) is 50.9 Å². The number of hydrogen-bond donors (Lipinski definition) is 1. The van der Waals surface area contributed by atoms with Crippen molar-refractivity contribution in [2.45, 2.75) is 46.1 Å². The van der Waals surface area contributed by atoms with Crippen LogP contribution in [0.25, 0.3) is 0 Å². The van der Waals surface area contributed by atoms with E-state index in [0.29, 0.717) is 29.5 Å². The first-order valence-electron chi connectivity index (χ1n) is 9.12. The van der Waals surface area contributed by atoms with E-state index in [9.17, 15) is 9.59 Å². The number of carbonyl (C=O) groups excluding carboxylic acids is 2. The number of benzene rings is 1. The summed E-state index contributed by atoms with van der Waals surface area (Å²) in [6.45, 7) is 8.36. The molecule has 1 unspecified atom stereocenters. The molecule has 0 heterocycles. The average Bonchev–Trinajstić information content (AvgIpc) is 3.45. The van der Waals surface area contributed by atoms with Gasteiger partial charge in [0.25, 0.3) is 5.91 Å². The van der Waals surface area contributed by atoms with Crippen molar-refractivity contribution in [3.05, 3.63) is 23.8 Å². The zero-order valence-corrected chi connectivity index (χ0v) is 16.3. The van der Waals surface area contributed by atoms with E-state index < -0.39 is 11.6 Å². The van der Waals surface area contributed by atoms with E-state index in [4.69, 9.17) is 14.2 Å². The minimum Gasteiger partial charge on any atom is -0.492 e. The third-order valence-corrected chi connectivity index (χ3v) is 4.54. The highest BCUT2D eigenvalue weighted by Gasteiger charge is 2.47. The Morgan fingerprint density at radius 1 is 1.31 bits per heavy atom. The molecule has 1 aromatic rings. The molecule has 1 saturated carbocycles. The van der Waals surface area contributed by atoms with Gasteiger partial charge in [0.1, 0.15) is 16.9 Å². The van der Waals surface area contributed by atoms with Crippen LogP contribution in [0.5, 0.6) is 5.75 Å². The first-order valence-corrected chi connectivity index (χ1v) is 9.12. The van der Waals surface area contributed by atoms with Crippen molar-refractivity contribution in [1.29, 1.82) is 0 Å². The van der Waals surface area contributed by atoms with Gasteiger partial charge in [-0.1, -0.05) is 13.8 Å². The highest BCUT2D eigenvalue weighted by atomic mass is 16.5. The fraction of sp³-hybridized carbons (Fsp3) is 0.600. The minimum atomic E-state index is -0.864. The monoisotopic (exact) mass is 363 g/mol. The highest BCUT2D eigenvalue weighted by Crippen LogP contribution is 2.42. The summed E-state index contributed by atoms with van der Waals surface area (Å²) in [5.74, 6) is 0.315. The quantitative estimate of drug-likeness (QED) is 0.678. The topological polar surface area (TPSA) is 73.9 Å². The lowest BCUT2D eigenvalue weighted by Gasteiger charge is -2.26. The molecule has 26 heavy (non-hydrogen) atoms. The molecule has 1 fully saturated rings. The summed E-state index contributed by atoms with van der Waals surface area (Å²) in [7, 11) is 1.55. The Hall–Kier alpha value is -2.08. The van der Waals surface area contributed by atoms with Crippen LogP contribution in [0.3, 0.4) is 0 Å². The van der Waals surface area contributed by atoms with E-state index in [2.05, 4.69) is 5.32 Å². The number of rotatable bonds is 9. The fourth-order valence-electron chi connectivity index (χ4n) is 2.69. The summed E-state index contributed by atoms with van der Waals surface area (Å²) in [5.41, 5.74) is -0.0496. The van der Waals surface area contributed by atoms with Crippen LogP contribution in [0.15, 0.2) is 18.2 Å². The van der Waals surface area contributed by atoms with Gasteiger partial charge in [0.05, 0.1) is 13.2 Å². The van der Waals surface area contributed by atoms with Crippen molar-refractivity contribution in [2.75, 3.05) is 25.6 Å². The van der Waals surface area contributed by atoms with Crippen LogP contribution in [0.2, 0.25) is 0 Å². The second kappa shape index (κ2) is 8.54. The lowest BCUT2D eigenvalue weighted by atomic mass is 9.99. The molecule has 0 bridgehead atoms. The molecule has 0 radical (unpaired) electrons. The maximum absolute atomic E-state index is 12.7. The largest absolute Gasteiger partial charge is 0.492 e. The number of hydrogen-bond acceptors (Lipinski definition) is 5. The number of nitrogens with one attached hydrogen (secondary N) is 1. The zero-order valence-electron chi connectivity index (χ0n) is 16.3. The number of methoxy groups -OCH3 is 1. The number of amides is 1. The minimum absolute atomic E-state index is 0.215. The van der Waals surface area contributed by atoms with Gasteiger partial charge in [0.15, 0.2) is 0 Å². The zero-order chi connectivity index (χ0) is 19.3. The van der Waals surface area contributed by atoms with Crippen LogP contribution in [-0.4, -0.2) is 37.8 Å². The van der Waals surface area contributed by atoms with Crippen molar-refractivity contribution in [3.8, 4) is 5.75 Å². The van der Waals surface area contributed by atoms with Crippen LogP contribution >= 0.6 is 0 Å². The molecule has 6 heteroatoms. The van der Waals surface area contributed by atoms with E-state index in [1.54, 1.807) is 39.2 Å². The first-order chi connectivity index (χ1) is 12.3. The predicted octanol–water partition coefficient (Wildman–Crippen LogP) is 3.65. The Kier molecular flexibility index (Phi) is 6.64. The molecule has 1 N–H and O–H groups in total. The van der Waals surface area contributed by atoms with E-state index in [0.717, 1.165) is 12.8 Å². The summed E-state index contributed by atoms with van der Waals surface area (Å²) < 4.78 is 16.3. The van der Waals surface area contributed by atoms with Crippen LogP contribution in [-0.2, 0) is 14.3 Å². The molecule has 0 saturated heterocycles. The molecule has 1 atom stereocenters. The molecule has 0 aliphatic heterocycles. The van der Waals surface area contributed by atoms with Crippen molar-refractivity contribution < 1.29 is 23.8 Å². The summed E-state index contributed by atoms with van der Waals surface area (Å²) in [5, 5.41) is 2.86. The van der Waals surface area contributed by atoms with Crippen molar-refractivity contribution in [2.24, 2.45) is 11.8 Å². The Morgan fingerprint density at radius 3 is 2.54 bits per heavy atom. The Bertz CT molecular complexity index is 654. The van der Waals surface area contributed by atoms with Gasteiger partial charge in [-0.2, -0.15) is 0 Å². The molecule has 2 rings (SSSR count). The molecule has 144 valence electrons. The molecule has 1 aromatic carbocycles. The predicted molar refractivity (Wildman–Crippen MR) is 99.5 cm³/mol. The van der Waals surface area contributed by atoms with Gasteiger partial charge in [-0.25, -0.2) is 4.79 Å². The smallest absolute Gasteiger partial charge is 0.341 e. The normalized spacial score (nSPS) is 16.1. The molecule has 0 spiro atoms. The number of esters is 1. The maximum atomic E-state index is 12.7. The lowest BCUT2D eigenvalue weighted by Crippen LogP contribution is -2.44. The van der Waals surface area contributed by atoms with Gasteiger partial charge in [0.2, 0.25) is 0 Å². The van der Waals surface area contributed by atoms with E-state index >= 15 is 0 Å². The SMILES string of the molecule is CCOC(=O)c1cc(NC(=O)C(C)(OC)C2CC2)ccc1OCC(C)C. The Balaban J connectivity index is 2.22. The maximum Gasteiger partial charge on any atom is 0.341 e. The fourth-order valence-corrected chi connectivity index (χ4v) is 2.69. The Labute approximate surface area is 155 Å². The number of carbonyl (C=O) groups is 2. The van der Waals surface area contributed by atoms with Crippen molar-refractivity contribution >= 4 is 17.6 Å². The number of anilines is 1. The van der Waals surface area contributed by atoms with Crippen molar-refractivity contribution in [1.82, 2.24) is 0 Å². The summed E-state index contributed by atoms with van der Waals surface area (Å²) >= 11 is 0. The van der Waals surface area contributed by atoms with Gasteiger partial charge >= 0.3 is 5.97 Å². The molecular formula is C20H29NO5. The third-order valence-electron chi connectivity index (χ3n) is 4.54. The molecule has 1 amide bonds. The third kappa shape index (κ3) is 4.75. The second-order valence-corrected chi connectivity index (χ2v) is 7.18. The van der Waals surface area contributed by atoms with E-state index in [1.807, 2.05) is 13.8 Å². The van der Waals surface area contributed by atoms with Gasteiger partial charge in [0, 0.05) is 12.8 Å². The molecular weight excluding hydrogens is 334 g/mol. The summed E-state index contributed by atoms with van der Waals surface area (Å²) in [6, 6.07) is 5.00. The lowest BCUT2D eigenvalue weighted by molar-refractivity contribution is -0.138. The average molecular weight is 363 g/mol. The molecule has 1 aliphatic rings. The van der Waals surface area contributed by atoms with Gasteiger partial charge in [-0.05, 0) is 56.7 Å². The molecule has 0 aromatic heterocycles. The highest BCUT2D eigenvalue weighted by molar-refractivity contribution is 6.00. The van der Waals surface area contributed by atoms with Gasteiger partial charge < -0.3 is 19.5 Å². The second-order valence-electron chi connectivity index (χ2n) is 7.18. The summed E-state index contributed by atoms with van der Waals surface area (Å²) in [4.78, 5) is 25.0. The van der Waals surface area contributed by atoms with E-state index in [-0.39, 0.29) is 18.4 Å². The molecule has 6 nitrogen and oxygen atoms in total. The first kappa shape index (κ1) is 20.2. The van der Waals surface area contributed by atoms with Crippen LogP contribution < -0.4 is 10.1 Å². The van der Waals surface area contributed by atoms with Gasteiger partial charge in [-0.3, -0.25) is 4.79 Å². The van der Waals surface area contributed by atoms with Crippen LogP contribution in [0.4, 0.5) is 5.69 Å². The molecule has 1 aliphatic carbocycles. The standard InChI is InChI=1S/C20H29NO5/c1-6-25-18(22)16-11-15(9-10-17(16)26-12-13(2)3)21-19(23)20(4,24-5)14-7-8-14/h9-11,13-14H,6-8,12H2,1-5H3,(H,21,23). The van der Waals surface area contributed by atoms with Crippen molar-refractivity contribution in [3.63, 3.8) is 0 Å². The Morgan fingerprint density at radius 2 is 2.00 bits per heavy atom. The van der Waals surface area contributed by atoms with Crippen LogP contribution in [0, 0.1) is 11.8 Å². The number of ether oxygens (including phenoxy) is 3. The summed E-state index contributed by atoms with van der Waals surface area (Å²) in [6.07, 6.45) is 1.96.